The minimum atomic E-state index is -0.0168. The highest BCUT2D eigenvalue weighted by Crippen LogP contribution is 2.07. The molecule has 19 heavy (non-hydrogen) atoms. The quantitative estimate of drug-likeness (QED) is 0.870. The van der Waals surface area contributed by atoms with Gasteiger partial charge in [-0.1, -0.05) is 5.16 Å². The average molecular weight is 311 g/mol. The van der Waals surface area contributed by atoms with Crippen LogP contribution in [-0.2, 0) is 4.79 Å². The van der Waals surface area contributed by atoms with Crippen molar-refractivity contribution in [2.24, 2.45) is 0 Å². The summed E-state index contributed by atoms with van der Waals surface area (Å²) in [5, 5.41) is 9.72. The molecule has 6 nitrogen and oxygen atoms in total. The van der Waals surface area contributed by atoms with Crippen molar-refractivity contribution in [1.29, 1.82) is 0 Å². The van der Waals surface area contributed by atoms with E-state index in [0.717, 1.165) is 32.7 Å². The molecule has 1 aliphatic heterocycles. The van der Waals surface area contributed by atoms with Crippen molar-refractivity contribution < 1.29 is 9.32 Å². The van der Waals surface area contributed by atoms with Crippen LogP contribution in [0.3, 0.4) is 0 Å². The Morgan fingerprint density at radius 1 is 1.47 bits per heavy atom. The lowest BCUT2D eigenvalue weighted by molar-refractivity contribution is -0.116. The van der Waals surface area contributed by atoms with E-state index >= 15 is 0 Å². The zero-order valence-corrected chi connectivity index (χ0v) is 12.5. The maximum atomic E-state index is 11.6. The number of hydrogen-bond acceptors (Lipinski definition) is 5. The normalized spacial score (nSPS) is 15.2. The number of aromatic nitrogens is 1. The van der Waals surface area contributed by atoms with Gasteiger partial charge in [0.2, 0.25) is 5.91 Å². The maximum Gasteiger partial charge on any atom is 0.226 e. The number of piperazine rings is 1. The first-order chi connectivity index (χ1) is 8.24. The molecule has 2 N–H and O–H groups in total. The van der Waals surface area contributed by atoms with Gasteiger partial charge in [-0.3, -0.25) is 4.79 Å². The molecule has 1 aromatic rings. The first-order valence-electron chi connectivity index (χ1n) is 5.90. The Morgan fingerprint density at radius 2 is 2.16 bits per heavy atom. The first kappa shape index (κ1) is 18.2. The summed E-state index contributed by atoms with van der Waals surface area (Å²) in [5.74, 6) is 1.17. The summed E-state index contributed by atoms with van der Waals surface area (Å²) < 4.78 is 4.88. The number of nitrogens with one attached hydrogen (secondary N) is 2. The van der Waals surface area contributed by atoms with Gasteiger partial charge in [0.1, 0.15) is 5.76 Å². The van der Waals surface area contributed by atoms with E-state index in [2.05, 4.69) is 20.7 Å². The molecular formula is C11H20Cl2N4O2. The molecule has 0 atom stereocenters. The van der Waals surface area contributed by atoms with Crippen molar-refractivity contribution in [3.63, 3.8) is 0 Å². The lowest BCUT2D eigenvalue weighted by Gasteiger charge is -2.26. The number of hydrogen-bond donors (Lipinski definition) is 2. The number of halogens is 2. The largest absolute Gasteiger partial charge is 0.360 e. The van der Waals surface area contributed by atoms with Gasteiger partial charge < -0.3 is 20.1 Å². The molecule has 1 amide bonds. The van der Waals surface area contributed by atoms with Crippen LogP contribution < -0.4 is 10.6 Å². The van der Waals surface area contributed by atoms with Gasteiger partial charge in [-0.2, -0.15) is 0 Å². The average Bonchev–Trinajstić information content (AvgIpc) is 2.73. The van der Waals surface area contributed by atoms with Crippen molar-refractivity contribution in [1.82, 2.24) is 15.4 Å². The topological polar surface area (TPSA) is 70.4 Å². The van der Waals surface area contributed by atoms with Crippen LogP contribution >= 0.6 is 24.8 Å². The summed E-state index contributed by atoms with van der Waals surface area (Å²) in [7, 11) is 0. The monoisotopic (exact) mass is 310 g/mol. The molecule has 2 heterocycles. The molecule has 1 fully saturated rings. The van der Waals surface area contributed by atoms with Crippen molar-refractivity contribution in [2.75, 3.05) is 38.0 Å². The molecule has 1 saturated heterocycles. The second kappa shape index (κ2) is 9.14. The Kier molecular flexibility index (Phi) is 8.75. The van der Waals surface area contributed by atoms with E-state index in [-0.39, 0.29) is 30.7 Å². The summed E-state index contributed by atoms with van der Waals surface area (Å²) in [4.78, 5) is 13.9. The third-order valence-corrected chi connectivity index (χ3v) is 2.76. The molecule has 1 aliphatic rings. The smallest absolute Gasteiger partial charge is 0.226 e. The Labute approximate surface area is 125 Å². The van der Waals surface area contributed by atoms with E-state index in [1.807, 2.05) is 0 Å². The molecule has 8 heteroatoms. The van der Waals surface area contributed by atoms with E-state index < -0.39 is 0 Å². The summed E-state index contributed by atoms with van der Waals surface area (Å²) in [6, 6.07) is 1.71. The number of nitrogens with zero attached hydrogens (tertiary/aromatic N) is 2. The van der Waals surface area contributed by atoms with Crippen molar-refractivity contribution >= 4 is 36.5 Å². The maximum absolute atomic E-state index is 11.6. The van der Waals surface area contributed by atoms with Crippen molar-refractivity contribution in [3.8, 4) is 0 Å². The van der Waals surface area contributed by atoms with Crippen molar-refractivity contribution in [2.45, 2.75) is 13.3 Å². The molecule has 110 valence electrons. The minimum absolute atomic E-state index is 0. The molecule has 0 aromatic carbocycles. The molecule has 0 spiro atoms. The second-order valence-corrected chi connectivity index (χ2v) is 4.21. The van der Waals surface area contributed by atoms with Crippen LogP contribution in [0.4, 0.5) is 5.82 Å². The summed E-state index contributed by atoms with van der Waals surface area (Å²) in [5.41, 5.74) is 0. The van der Waals surface area contributed by atoms with Crippen LogP contribution in [0.1, 0.15) is 12.2 Å². The fourth-order valence-electron chi connectivity index (χ4n) is 1.83. The van der Waals surface area contributed by atoms with Gasteiger partial charge in [-0.05, 0) is 6.92 Å². The van der Waals surface area contributed by atoms with Gasteiger partial charge in [0, 0.05) is 45.2 Å². The zero-order chi connectivity index (χ0) is 12.1. The molecule has 0 radical (unpaired) electrons. The van der Waals surface area contributed by atoms with Crippen LogP contribution in [0.5, 0.6) is 0 Å². The predicted octanol–water partition coefficient (Wildman–Crippen LogP) is 1.06. The van der Waals surface area contributed by atoms with Gasteiger partial charge in [0.25, 0.3) is 0 Å². The number of aryl methyl sites for hydroxylation is 1. The molecule has 2 rings (SSSR count). The molecule has 0 bridgehead atoms. The number of amides is 1. The van der Waals surface area contributed by atoms with Crippen LogP contribution in [-0.4, -0.2) is 48.7 Å². The molecule has 0 saturated carbocycles. The lowest BCUT2D eigenvalue weighted by atomic mass is 10.3. The van der Waals surface area contributed by atoms with Gasteiger partial charge in [0.05, 0.1) is 0 Å². The fraction of sp³-hybridized carbons (Fsp3) is 0.636. The van der Waals surface area contributed by atoms with Crippen LogP contribution in [0.25, 0.3) is 0 Å². The Hall–Kier alpha value is -0.820. The van der Waals surface area contributed by atoms with Gasteiger partial charge in [0.15, 0.2) is 5.82 Å². The van der Waals surface area contributed by atoms with E-state index in [4.69, 9.17) is 4.52 Å². The Bertz CT molecular complexity index is 381. The summed E-state index contributed by atoms with van der Waals surface area (Å²) >= 11 is 0. The molecule has 0 unspecified atom stereocenters. The zero-order valence-electron chi connectivity index (χ0n) is 10.8. The highest BCUT2D eigenvalue weighted by atomic mass is 35.5. The standard InChI is InChI=1S/C11H18N4O2.2ClH/c1-9-8-10(14-17-9)13-11(16)2-5-15-6-3-12-4-7-15;;/h8,12H,2-7H2,1H3,(H,13,14,16);2*1H. The Balaban J connectivity index is 0.00000162. The van der Waals surface area contributed by atoms with E-state index in [1.54, 1.807) is 13.0 Å². The number of carbonyl (C=O) groups is 1. The number of anilines is 1. The van der Waals surface area contributed by atoms with E-state index in [0.29, 0.717) is 18.0 Å². The second-order valence-electron chi connectivity index (χ2n) is 4.21. The van der Waals surface area contributed by atoms with Crippen LogP contribution in [0.2, 0.25) is 0 Å². The van der Waals surface area contributed by atoms with E-state index in [1.165, 1.54) is 0 Å². The van der Waals surface area contributed by atoms with Gasteiger partial charge in [-0.25, -0.2) is 0 Å². The molecule has 1 aromatic heterocycles. The molecule has 0 aliphatic carbocycles. The van der Waals surface area contributed by atoms with Crippen LogP contribution in [0.15, 0.2) is 10.6 Å². The summed E-state index contributed by atoms with van der Waals surface area (Å²) in [6.07, 6.45) is 0.492. The number of carbonyl (C=O) groups excluding carboxylic acids is 1. The highest BCUT2D eigenvalue weighted by molar-refractivity contribution is 5.89. The van der Waals surface area contributed by atoms with Crippen molar-refractivity contribution in [3.05, 3.63) is 11.8 Å². The SMILES string of the molecule is Cc1cc(NC(=O)CCN2CCNCC2)no1.Cl.Cl. The highest BCUT2D eigenvalue weighted by Gasteiger charge is 2.12. The predicted molar refractivity (Wildman–Crippen MR) is 78.3 cm³/mol. The van der Waals surface area contributed by atoms with Gasteiger partial charge >= 0.3 is 0 Å². The fourth-order valence-corrected chi connectivity index (χ4v) is 1.83. The number of rotatable bonds is 4. The van der Waals surface area contributed by atoms with Crippen LogP contribution in [0, 0.1) is 6.92 Å². The minimum Gasteiger partial charge on any atom is -0.360 e. The van der Waals surface area contributed by atoms with Gasteiger partial charge in [-0.15, -0.1) is 24.8 Å². The molecular weight excluding hydrogens is 291 g/mol. The van der Waals surface area contributed by atoms with E-state index in [9.17, 15) is 4.79 Å². The third-order valence-electron chi connectivity index (χ3n) is 2.76. The first-order valence-corrected chi connectivity index (χ1v) is 5.90. The lowest BCUT2D eigenvalue weighted by Crippen LogP contribution is -2.44. The summed E-state index contributed by atoms with van der Waals surface area (Å²) in [6.45, 7) is 6.62. The Morgan fingerprint density at radius 3 is 2.74 bits per heavy atom. The third kappa shape index (κ3) is 6.24.